The second-order valence-corrected chi connectivity index (χ2v) is 9.61. The molecule has 0 spiro atoms. The molecular formula is C28H37N3O6. The summed E-state index contributed by atoms with van der Waals surface area (Å²) in [6.45, 7) is 6.26. The van der Waals surface area contributed by atoms with Crippen molar-refractivity contribution in [3.8, 4) is 11.5 Å². The molecule has 2 aliphatic heterocycles. The molecule has 200 valence electrons. The van der Waals surface area contributed by atoms with Gasteiger partial charge in [0.25, 0.3) is 5.91 Å². The van der Waals surface area contributed by atoms with Crippen LogP contribution in [-0.4, -0.2) is 93.9 Å². The summed E-state index contributed by atoms with van der Waals surface area (Å²) < 4.78 is 23.1. The normalized spacial score (nSPS) is 21.2. The fourth-order valence-corrected chi connectivity index (χ4v) is 4.61. The van der Waals surface area contributed by atoms with Crippen molar-refractivity contribution in [2.45, 2.75) is 32.1 Å². The van der Waals surface area contributed by atoms with Crippen molar-refractivity contribution in [3.63, 3.8) is 0 Å². The summed E-state index contributed by atoms with van der Waals surface area (Å²) >= 11 is 0. The fourth-order valence-electron chi connectivity index (χ4n) is 4.61. The molecule has 1 fully saturated rings. The first kappa shape index (κ1) is 27.1. The Kier molecular flexibility index (Phi) is 9.51. The van der Waals surface area contributed by atoms with Gasteiger partial charge in [-0.1, -0.05) is 18.2 Å². The SMILES string of the molecule is COCCOCCN1CC[C@H]2OCc3cccc(c3)Oc3cc(ccc3C)C(=O)N(C)CC(=O)N[C@H]2C1. The predicted molar refractivity (Wildman–Crippen MR) is 139 cm³/mol. The molecule has 0 unspecified atom stereocenters. The van der Waals surface area contributed by atoms with Crippen LogP contribution in [0.1, 0.15) is 27.9 Å². The van der Waals surface area contributed by atoms with Crippen LogP contribution in [0.15, 0.2) is 42.5 Å². The van der Waals surface area contributed by atoms with Crippen molar-refractivity contribution in [1.29, 1.82) is 0 Å². The number of hydrogen-bond acceptors (Lipinski definition) is 7. The third kappa shape index (κ3) is 7.52. The van der Waals surface area contributed by atoms with Crippen molar-refractivity contribution in [3.05, 3.63) is 59.2 Å². The Morgan fingerprint density at radius 2 is 1.97 bits per heavy atom. The molecule has 0 saturated carbocycles. The van der Waals surface area contributed by atoms with Crippen LogP contribution in [0.25, 0.3) is 0 Å². The number of likely N-dealkylation sites (tertiary alicyclic amines) is 1. The fraction of sp³-hybridized carbons (Fsp3) is 0.500. The van der Waals surface area contributed by atoms with Gasteiger partial charge in [0.15, 0.2) is 0 Å². The minimum atomic E-state index is -0.243. The van der Waals surface area contributed by atoms with E-state index in [0.29, 0.717) is 50.0 Å². The van der Waals surface area contributed by atoms with Gasteiger partial charge in [-0.2, -0.15) is 0 Å². The van der Waals surface area contributed by atoms with Crippen LogP contribution in [0.2, 0.25) is 0 Å². The first-order chi connectivity index (χ1) is 17.9. The van der Waals surface area contributed by atoms with Crippen molar-refractivity contribution >= 4 is 11.8 Å². The zero-order valence-electron chi connectivity index (χ0n) is 21.9. The van der Waals surface area contributed by atoms with Crippen molar-refractivity contribution in [2.24, 2.45) is 0 Å². The van der Waals surface area contributed by atoms with Gasteiger partial charge in [0, 0.05) is 39.4 Å². The number of nitrogens with one attached hydrogen (secondary N) is 1. The molecule has 9 heteroatoms. The van der Waals surface area contributed by atoms with E-state index in [1.165, 1.54) is 4.90 Å². The van der Waals surface area contributed by atoms with Crippen LogP contribution in [0.4, 0.5) is 0 Å². The van der Waals surface area contributed by atoms with Crippen LogP contribution < -0.4 is 10.1 Å². The van der Waals surface area contributed by atoms with Gasteiger partial charge >= 0.3 is 0 Å². The van der Waals surface area contributed by atoms with Gasteiger partial charge in [0.05, 0.1) is 45.1 Å². The maximum Gasteiger partial charge on any atom is 0.254 e. The van der Waals surface area contributed by atoms with E-state index in [9.17, 15) is 9.59 Å². The second kappa shape index (κ2) is 13.0. The van der Waals surface area contributed by atoms with Gasteiger partial charge in [-0.3, -0.25) is 14.5 Å². The Hall–Kier alpha value is -2.98. The third-order valence-electron chi connectivity index (χ3n) is 6.72. The summed E-state index contributed by atoms with van der Waals surface area (Å²) in [6, 6.07) is 12.9. The summed E-state index contributed by atoms with van der Waals surface area (Å²) in [6.07, 6.45) is 0.626. The lowest BCUT2D eigenvalue weighted by Gasteiger charge is -2.39. The molecule has 1 saturated heterocycles. The standard InChI is InChI=1S/C28H37N3O6/c1-20-7-8-22-16-26(20)37-23-6-4-5-21(15-23)19-36-25-9-10-31(11-12-35-14-13-34-3)17-24(25)29-27(32)18-30(2)28(22)33/h4-8,15-16,24-25H,9-14,17-19H2,1-3H3,(H,29,32)/t24-,25+/m0/s1. The summed E-state index contributed by atoms with van der Waals surface area (Å²) in [7, 11) is 3.28. The Balaban J connectivity index is 1.52. The van der Waals surface area contributed by atoms with E-state index >= 15 is 0 Å². The molecule has 2 aliphatic rings. The molecule has 2 aromatic carbocycles. The molecule has 0 aromatic heterocycles. The molecular weight excluding hydrogens is 474 g/mol. The zero-order valence-corrected chi connectivity index (χ0v) is 21.9. The molecule has 4 bridgehead atoms. The number of ether oxygens (including phenoxy) is 4. The summed E-state index contributed by atoms with van der Waals surface area (Å²) in [5, 5.41) is 3.13. The molecule has 0 radical (unpaired) electrons. The van der Waals surface area contributed by atoms with E-state index < -0.39 is 0 Å². The highest BCUT2D eigenvalue weighted by atomic mass is 16.5. The van der Waals surface area contributed by atoms with E-state index in [1.807, 2.05) is 37.3 Å². The van der Waals surface area contributed by atoms with Crippen molar-refractivity contribution in [2.75, 3.05) is 60.2 Å². The molecule has 2 aromatic rings. The molecule has 2 heterocycles. The number of likely N-dealkylation sites (N-methyl/N-ethyl adjacent to an activating group) is 1. The monoisotopic (exact) mass is 511 g/mol. The number of amides is 2. The number of hydrogen-bond donors (Lipinski definition) is 1. The molecule has 9 nitrogen and oxygen atoms in total. The van der Waals surface area contributed by atoms with E-state index in [4.69, 9.17) is 18.9 Å². The third-order valence-corrected chi connectivity index (χ3v) is 6.72. The predicted octanol–water partition coefficient (Wildman–Crippen LogP) is 2.61. The maximum absolute atomic E-state index is 13.1. The lowest BCUT2D eigenvalue weighted by molar-refractivity contribution is -0.125. The molecule has 0 aliphatic carbocycles. The highest BCUT2D eigenvalue weighted by molar-refractivity contribution is 5.96. The first-order valence-corrected chi connectivity index (χ1v) is 12.8. The average molecular weight is 512 g/mol. The van der Waals surface area contributed by atoms with Gasteiger partial charge < -0.3 is 29.2 Å². The van der Waals surface area contributed by atoms with Gasteiger partial charge in [-0.15, -0.1) is 0 Å². The van der Waals surface area contributed by atoms with Gasteiger partial charge in [-0.05, 0) is 48.7 Å². The van der Waals surface area contributed by atoms with E-state index in [-0.39, 0.29) is 30.5 Å². The zero-order chi connectivity index (χ0) is 26.2. The van der Waals surface area contributed by atoms with Crippen LogP contribution >= 0.6 is 0 Å². The first-order valence-electron chi connectivity index (χ1n) is 12.8. The minimum absolute atomic E-state index is 0.0503. The molecule has 2 atom stereocenters. The average Bonchev–Trinajstić information content (AvgIpc) is 2.88. The Morgan fingerprint density at radius 1 is 1.11 bits per heavy atom. The smallest absolute Gasteiger partial charge is 0.254 e. The lowest BCUT2D eigenvalue weighted by Crippen LogP contribution is -2.57. The minimum Gasteiger partial charge on any atom is -0.457 e. The van der Waals surface area contributed by atoms with Crippen LogP contribution in [0, 0.1) is 6.92 Å². The highest BCUT2D eigenvalue weighted by Gasteiger charge is 2.31. The summed E-state index contributed by atoms with van der Waals surface area (Å²) in [5.41, 5.74) is 2.37. The molecule has 4 rings (SSSR count). The number of benzene rings is 2. The number of nitrogens with zero attached hydrogens (tertiary/aromatic N) is 2. The number of carbonyl (C=O) groups excluding carboxylic acids is 2. The topological polar surface area (TPSA) is 89.6 Å². The maximum atomic E-state index is 13.1. The van der Waals surface area contributed by atoms with Gasteiger partial charge in [0.2, 0.25) is 5.91 Å². The number of methoxy groups -OCH3 is 1. The van der Waals surface area contributed by atoms with E-state index in [1.54, 1.807) is 26.3 Å². The Bertz CT molecular complexity index is 1080. The summed E-state index contributed by atoms with van der Waals surface area (Å²) in [4.78, 5) is 29.8. The second-order valence-electron chi connectivity index (χ2n) is 9.61. The van der Waals surface area contributed by atoms with Crippen molar-refractivity contribution in [1.82, 2.24) is 15.1 Å². The van der Waals surface area contributed by atoms with Crippen LogP contribution in [0.3, 0.4) is 0 Å². The van der Waals surface area contributed by atoms with Gasteiger partial charge in [0.1, 0.15) is 11.5 Å². The van der Waals surface area contributed by atoms with E-state index in [2.05, 4.69) is 10.2 Å². The summed E-state index contributed by atoms with van der Waals surface area (Å²) in [5.74, 6) is 0.826. The lowest BCUT2D eigenvalue weighted by atomic mass is 10.0. The number of piperidine rings is 1. The van der Waals surface area contributed by atoms with Gasteiger partial charge in [-0.25, -0.2) is 0 Å². The number of fused-ring (bicyclic) bond motifs is 5. The number of rotatable bonds is 6. The van der Waals surface area contributed by atoms with Crippen LogP contribution in [-0.2, 0) is 25.6 Å². The Morgan fingerprint density at radius 3 is 2.81 bits per heavy atom. The molecule has 37 heavy (non-hydrogen) atoms. The van der Waals surface area contributed by atoms with Crippen molar-refractivity contribution < 1.29 is 28.5 Å². The molecule has 1 N–H and O–H groups in total. The highest BCUT2D eigenvalue weighted by Crippen LogP contribution is 2.28. The Labute approximate surface area is 218 Å². The quantitative estimate of drug-likeness (QED) is 0.597. The number of carbonyl (C=O) groups is 2. The van der Waals surface area contributed by atoms with Crippen LogP contribution in [0.5, 0.6) is 11.5 Å². The number of aryl methyl sites for hydroxylation is 1. The molecule has 2 amide bonds. The van der Waals surface area contributed by atoms with E-state index in [0.717, 1.165) is 30.6 Å². The largest absolute Gasteiger partial charge is 0.457 e.